The number of hydrogen-bond donors (Lipinski definition) is 0. The van der Waals surface area contributed by atoms with Crippen LogP contribution in [0.2, 0.25) is 0 Å². The van der Waals surface area contributed by atoms with E-state index in [-0.39, 0.29) is 11.9 Å². The van der Waals surface area contributed by atoms with Crippen LogP contribution in [0, 0.1) is 5.92 Å². The van der Waals surface area contributed by atoms with Crippen molar-refractivity contribution in [2.75, 3.05) is 13.2 Å². The van der Waals surface area contributed by atoms with E-state index in [0.717, 1.165) is 12.8 Å². The van der Waals surface area contributed by atoms with Gasteiger partial charge in [0.15, 0.2) is 0 Å². The molecule has 0 bridgehead atoms. The fraction of sp³-hybridized carbons (Fsp3) is 0.857. The monoisotopic (exact) mass is 258 g/mol. The van der Waals surface area contributed by atoms with Crippen LogP contribution >= 0.6 is 0 Å². The Labute approximate surface area is 110 Å². The van der Waals surface area contributed by atoms with Gasteiger partial charge in [0.25, 0.3) is 0 Å². The van der Waals surface area contributed by atoms with Crippen molar-refractivity contribution in [2.24, 2.45) is 5.92 Å². The van der Waals surface area contributed by atoms with Gasteiger partial charge < -0.3 is 9.47 Å². The average Bonchev–Trinajstić information content (AvgIpc) is 2.34. The van der Waals surface area contributed by atoms with Crippen LogP contribution in [-0.2, 0) is 19.1 Å². The molecule has 1 atom stereocenters. The summed E-state index contributed by atoms with van der Waals surface area (Å²) in [6.07, 6.45) is 4.16. The van der Waals surface area contributed by atoms with Crippen molar-refractivity contribution in [3.8, 4) is 0 Å². The van der Waals surface area contributed by atoms with Gasteiger partial charge in [0, 0.05) is 12.8 Å². The predicted octanol–water partition coefficient (Wildman–Crippen LogP) is 3.09. The molecule has 1 unspecified atom stereocenters. The van der Waals surface area contributed by atoms with Gasteiger partial charge in [0.05, 0.1) is 13.2 Å². The molecule has 4 nitrogen and oxygen atoms in total. The highest BCUT2D eigenvalue weighted by molar-refractivity contribution is 5.70. The third-order valence-corrected chi connectivity index (χ3v) is 2.89. The van der Waals surface area contributed by atoms with Crippen LogP contribution in [0.1, 0.15) is 59.3 Å². The minimum Gasteiger partial charge on any atom is -0.466 e. The summed E-state index contributed by atoms with van der Waals surface area (Å²) in [7, 11) is 0. The molecule has 4 heteroatoms. The van der Waals surface area contributed by atoms with E-state index in [0.29, 0.717) is 44.8 Å². The first-order valence-electron chi connectivity index (χ1n) is 6.91. The highest BCUT2D eigenvalue weighted by Crippen LogP contribution is 2.07. The smallest absolute Gasteiger partial charge is 0.305 e. The molecule has 0 saturated heterocycles. The zero-order valence-electron chi connectivity index (χ0n) is 11.9. The van der Waals surface area contributed by atoms with Crippen molar-refractivity contribution >= 4 is 11.9 Å². The van der Waals surface area contributed by atoms with Crippen LogP contribution in [0.25, 0.3) is 0 Å². The summed E-state index contributed by atoms with van der Waals surface area (Å²) in [6, 6.07) is 0. The van der Waals surface area contributed by atoms with Gasteiger partial charge >= 0.3 is 11.9 Å². The first kappa shape index (κ1) is 16.9. The van der Waals surface area contributed by atoms with E-state index >= 15 is 0 Å². The van der Waals surface area contributed by atoms with Crippen molar-refractivity contribution < 1.29 is 19.1 Å². The summed E-state index contributed by atoms with van der Waals surface area (Å²) in [5.41, 5.74) is 0. The van der Waals surface area contributed by atoms with Gasteiger partial charge in [0.1, 0.15) is 0 Å². The van der Waals surface area contributed by atoms with E-state index in [1.807, 2.05) is 0 Å². The second-order valence-corrected chi connectivity index (χ2v) is 4.53. The molecule has 0 aliphatic heterocycles. The molecule has 0 rings (SSSR count). The molecular formula is C14H26O4. The van der Waals surface area contributed by atoms with Crippen molar-refractivity contribution in [3.05, 3.63) is 0 Å². The molecule has 0 aliphatic carbocycles. The molecule has 0 N–H and O–H groups in total. The fourth-order valence-corrected chi connectivity index (χ4v) is 1.42. The first-order valence-corrected chi connectivity index (χ1v) is 6.91. The summed E-state index contributed by atoms with van der Waals surface area (Å²) < 4.78 is 9.91. The van der Waals surface area contributed by atoms with Crippen molar-refractivity contribution in [1.82, 2.24) is 0 Å². The Balaban J connectivity index is 3.40. The molecule has 0 aromatic rings. The maximum atomic E-state index is 11.3. The highest BCUT2D eigenvalue weighted by atomic mass is 16.5. The standard InChI is InChI=1S/C14H26O4/c1-4-12(3)10-11-18-14(16)9-7-6-8-13(15)17-5-2/h12H,4-11H2,1-3H3. The van der Waals surface area contributed by atoms with Crippen LogP contribution in [-0.4, -0.2) is 25.2 Å². The predicted molar refractivity (Wildman–Crippen MR) is 70.1 cm³/mol. The second kappa shape index (κ2) is 11.1. The topological polar surface area (TPSA) is 52.6 Å². The maximum Gasteiger partial charge on any atom is 0.305 e. The molecule has 0 fully saturated rings. The number of unbranched alkanes of at least 4 members (excludes halogenated alkanes) is 1. The SMILES string of the molecule is CCOC(=O)CCCCC(=O)OCCC(C)CC. The minimum atomic E-state index is -0.192. The number of carbonyl (C=O) groups excluding carboxylic acids is 2. The zero-order valence-corrected chi connectivity index (χ0v) is 11.9. The summed E-state index contributed by atoms with van der Waals surface area (Å²) in [5, 5.41) is 0. The van der Waals surface area contributed by atoms with Crippen molar-refractivity contribution in [3.63, 3.8) is 0 Å². The van der Waals surface area contributed by atoms with Gasteiger partial charge in [-0.15, -0.1) is 0 Å². The molecule has 0 aromatic carbocycles. The quantitative estimate of drug-likeness (QED) is 0.446. The van der Waals surface area contributed by atoms with E-state index in [1.54, 1.807) is 6.92 Å². The van der Waals surface area contributed by atoms with Gasteiger partial charge in [-0.1, -0.05) is 20.3 Å². The van der Waals surface area contributed by atoms with Crippen LogP contribution in [0.5, 0.6) is 0 Å². The lowest BCUT2D eigenvalue weighted by Gasteiger charge is -2.08. The average molecular weight is 258 g/mol. The largest absolute Gasteiger partial charge is 0.466 e. The van der Waals surface area contributed by atoms with E-state index in [9.17, 15) is 9.59 Å². The molecular weight excluding hydrogens is 232 g/mol. The molecule has 0 spiro atoms. The van der Waals surface area contributed by atoms with Crippen LogP contribution in [0.4, 0.5) is 0 Å². The van der Waals surface area contributed by atoms with Crippen LogP contribution in [0.15, 0.2) is 0 Å². The van der Waals surface area contributed by atoms with E-state index in [4.69, 9.17) is 9.47 Å². The summed E-state index contributed by atoms with van der Waals surface area (Å²) in [5.74, 6) is 0.242. The van der Waals surface area contributed by atoms with Crippen molar-refractivity contribution in [2.45, 2.75) is 59.3 Å². The van der Waals surface area contributed by atoms with Gasteiger partial charge in [-0.3, -0.25) is 9.59 Å². The molecule has 0 aliphatic rings. The Morgan fingerprint density at radius 1 is 1.00 bits per heavy atom. The Bertz CT molecular complexity index is 238. The van der Waals surface area contributed by atoms with Gasteiger partial charge in [0.2, 0.25) is 0 Å². The summed E-state index contributed by atoms with van der Waals surface area (Å²) in [6.45, 7) is 6.98. The Morgan fingerprint density at radius 3 is 2.06 bits per heavy atom. The van der Waals surface area contributed by atoms with E-state index < -0.39 is 0 Å². The minimum absolute atomic E-state index is 0.165. The molecule has 0 aromatic heterocycles. The first-order chi connectivity index (χ1) is 8.60. The van der Waals surface area contributed by atoms with Crippen molar-refractivity contribution in [1.29, 1.82) is 0 Å². The maximum absolute atomic E-state index is 11.3. The number of rotatable bonds is 10. The third-order valence-electron chi connectivity index (χ3n) is 2.89. The lowest BCUT2D eigenvalue weighted by Crippen LogP contribution is -2.09. The van der Waals surface area contributed by atoms with Crippen LogP contribution < -0.4 is 0 Å². The van der Waals surface area contributed by atoms with E-state index in [2.05, 4.69) is 13.8 Å². The number of carbonyl (C=O) groups is 2. The molecule has 106 valence electrons. The molecule has 0 radical (unpaired) electrons. The molecule has 18 heavy (non-hydrogen) atoms. The number of hydrogen-bond acceptors (Lipinski definition) is 4. The van der Waals surface area contributed by atoms with E-state index in [1.165, 1.54) is 0 Å². The summed E-state index contributed by atoms with van der Waals surface area (Å²) >= 11 is 0. The van der Waals surface area contributed by atoms with Gasteiger partial charge in [-0.2, -0.15) is 0 Å². The third kappa shape index (κ3) is 10.1. The summed E-state index contributed by atoms with van der Waals surface area (Å²) in [4.78, 5) is 22.4. The zero-order chi connectivity index (χ0) is 13.8. The second-order valence-electron chi connectivity index (χ2n) is 4.53. The fourth-order valence-electron chi connectivity index (χ4n) is 1.42. The van der Waals surface area contributed by atoms with Gasteiger partial charge in [-0.05, 0) is 32.1 Å². The highest BCUT2D eigenvalue weighted by Gasteiger charge is 2.06. The molecule has 0 heterocycles. The van der Waals surface area contributed by atoms with Gasteiger partial charge in [-0.25, -0.2) is 0 Å². The molecule has 0 amide bonds. The van der Waals surface area contributed by atoms with Crippen LogP contribution in [0.3, 0.4) is 0 Å². The lowest BCUT2D eigenvalue weighted by atomic mass is 10.1. The Kier molecular flexibility index (Phi) is 10.4. The number of esters is 2. The molecule has 0 saturated carbocycles. The normalized spacial score (nSPS) is 11.9. The lowest BCUT2D eigenvalue weighted by molar-refractivity contribution is -0.145. The Hall–Kier alpha value is -1.06. The Morgan fingerprint density at radius 2 is 1.56 bits per heavy atom. The number of ether oxygens (including phenoxy) is 2.